The van der Waals surface area contributed by atoms with Gasteiger partial charge < -0.3 is 14.6 Å². The Labute approximate surface area is 150 Å². The molecule has 0 aromatic carbocycles. The van der Waals surface area contributed by atoms with Crippen molar-refractivity contribution in [2.75, 3.05) is 13.2 Å². The van der Waals surface area contributed by atoms with Crippen LogP contribution in [0.4, 0.5) is 0 Å². The Morgan fingerprint density at radius 2 is 2.15 bits per heavy atom. The van der Waals surface area contributed by atoms with Crippen molar-refractivity contribution >= 4 is 5.91 Å². The van der Waals surface area contributed by atoms with Crippen LogP contribution in [-0.4, -0.2) is 44.6 Å². The number of carbonyl (C=O) groups excluding carboxylic acids is 1. The highest BCUT2D eigenvalue weighted by molar-refractivity contribution is 5.78. The summed E-state index contributed by atoms with van der Waals surface area (Å²) in [6.07, 6.45) is 6.53. The largest absolute Gasteiger partial charge is 0.376 e. The third-order valence-electron chi connectivity index (χ3n) is 4.52. The normalized spacial score (nSPS) is 16.6. The Morgan fingerprint density at radius 3 is 2.85 bits per heavy atom. The van der Waals surface area contributed by atoms with E-state index in [0.29, 0.717) is 19.7 Å². The van der Waals surface area contributed by atoms with Gasteiger partial charge in [-0.1, -0.05) is 0 Å². The highest BCUT2D eigenvalue weighted by Crippen LogP contribution is 2.15. The first kappa shape index (κ1) is 18.1. The van der Waals surface area contributed by atoms with Crippen LogP contribution in [0.2, 0.25) is 0 Å². The smallest absolute Gasteiger partial charge is 0.328 e. The highest BCUT2D eigenvalue weighted by Gasteiger charge is 2.23. The number of hydrogen-bond donors (Lipinski definition) is 1. The van der Waals surface area contributed by atoms with Crippen LogP contribution in [0, 0.1) is 0 Å². The third-order valence-corrected chi connectivity index (χ3v) is 4.52. The van der Waals surface area contributed by atoms with Gasteiger partial charge in [0.25, 0.3) is 5.56 Å². The van der Waals surface area contributed by atoms with Gasteiger partial charge in [-0.15, -0.1) is 0 Å². The second kappa shape index (κ2) is 8.09. The number of nitrogens with zero attached hydrogens (tertiary/aromatic N) is 3. The molecule has 3 heterocycles. The number of ether oxygens (including phenoxy) is 1. The van der Waals surface area contributed by atoms with Gasteiger partial charge >= 0.3 is 5.69 Å². The van der Waals surface area contributed by atoms with Gasteiger partial charge in [-0.25, -0.2) is 4.79 Å². The average molecular weight is 358 g/mol. The van der Waals surface area contributed by atoms with Crippen LogP contribution in [0.15, 0.2) is 40.3 Å². The van der Waals surface area contributed by atoms with Gasteiger partial charge in [-0.05, 0) is 30.5 Å². The van der Waals surface area contributed by atoms with Gasteiger partial charge in [0.2, 0.25) is 5.91 Å². The lowest BCUT2D eigenvalue weighted by atomic mass is 10.1. The van der Waals surface area contributed by atoms with E-state index in [2.05, 4.69) is 9.97 Å². The van der Waals surface area contributed by atoms with Crippen molar-refractivity contribution in [1.29, 1.82) is 0 Å². The third kappa shape index (κ3) is 4.26. The molecule has 26 heavy (non-hydrogen) atoms. The summed E-state index contributed by atoms with van der Waals surface area (Å²) >= 11 is 0. The van der Waals surface area contributed by atoms with Crippen molar-refractivity contribution in [2.24, 2.45) is 7.05 Å². The number of aromatic nitrogens is 3. The Balaban J connectivity index is 1.78. The zero-order valence-electron chi connectivity index (χ0n) is 14.7. The van der Waals surface area contributed by atoms with Crippen LogP contribution in [0.3, 0.4) is 0 Å². The van der Waals surface area contributed by atoms with Crippen LogP contribution in [0.1, 0.15) is 24.0 Å². The predicted molar refractivity (Wildman–Crippen MR) is 94.6 cm³/mol. The van der Waals surface area contributed by atoms with Crippen LogP contribution in [0.25, 0.3) is 0 Å². The van der Waals surface area contributed by atoms with E-state index in [1.54, 1.807) is 17.3 Å². The first-order valence-corrected chi connectivity index (χ1v) is 8.60. The summed E-state index contributed by atoms with van der Waals surface area (Å²) in [6.45, 7) is 1.61. The maximum Gasteiger partial charge on any atom is 0.328 e. The van der Waals surface area contributed by atoms with Gasteiger partial charge in [0.15, 0.2) is 0 Å². The molecule has 0 unspecified atom stereocenters. The van der Waals surface area contributed by atoms with Crippen LogP contribution in [-0.2, 0) is 29.5 Å². The Hall–Kier alpha value is -2.74. The molecule has 138 valence electrons. The van der Waals surface area contributed by atoms with Crippen molar-refractivity contribution in [3.8, 4) is 0 Å². The van der Waals surface area contributed by atoms with E-state index in [-0.39, 0.29) is 24.0 Å². The highest BCUT2D eigenvalue weighted by atomic mass is 16.5. The Kier molecular flexibility index (Phi) is 5.62. The molecule has 2 aromatic rings. The molecule has 3 rings (SSSR count). The summed E-state index contributed by atoms with van der Waals surface area (Å²) < 4.78 is 6.63. The minimum absolute atomic E-state index is 0.0131. The zero-order valence-corrected chi connectivity index (χ0v) is 14.7. The number of pyridine rings is 1. The molecule has 1 saturated heterocycles. The van der Waals surface area contributed by atoms with E-state index in [9.17, 15) is 14.4 Å². The summed E-state index contributed by atoms with van der Waals surface area (Å²) in [7, 11) is 1.39. The maximum atomic E-state index is 12.9. The van der Waals surface area contributed by atoms with E-state index >= 15 is 0 Å². The topological polar surface area (TPSA) is 97.3 Å². The van der Waals surface area contributed by atoms with Crippen molar-refractivity contribution in [1.82, 2.24) is 19.4 Å². The van der Waals surface area contributed by atoms with Gasteiger partial charge in [-0.3, -0.25) is 19.1 Å². The minimum atomic E-state index is -0.501. The number of hydrogen-bond acceptors (Lipinski definition) is 5. The van der Waals surface area contributed by atoms with Gasteiger partial charge in [0.1, 0.15) is 0 Å². The predicted octanol–water partition coefficient (Wildman–Crippen LogP) is 0.219. The van der Waals surface area contributed by atoms with Gasteiger partial charge in [0.05, 0.1) is 12.5 Å². The molecular formula is C18H22N4O4. The lowest BCUT2D eigenvalue weighted by molar-refractivity contribution is -0.132. The van der Waals surface area contributed by atoms with Crippen LogP contribution < -0.4 is 11.2 Å². The molecule has 0 aliphatic carbocycles. The summed E-state index contributed by atoms with van der Waals surface area (Å²) in [5, 5.41) is 0. The lowest BCUT2D eigenvalue weighted by Gasteiger charge is -2.25. The Bertz CT molecular complexity index is 869. The van der Waals surface area contributed by atoms with Crippen molar-refractivity contribution < 1.29 is 9.53 Å². The fourth-order valence-corrected chi connectivity index (χ4v) is 3.01. The molecule has 1 N–H and O–H groups in total. The second-order valence-electron chi connectivity index (χ2n) is 6.42. The fourth-order valence-electron chi connectivity index (χ4n) is 3.01. The van der Waals surface area contributed by atoms with Crippen molar-refractivity contribution in [2.45, 2.75) is 31.9 Å². The molecule has 1 atom stereocenters. The van der Waals surface area contributed by atoms with E-state index in [1.807, 2.05) is 12.1 Å². The first-order valence-electron chi connectivity index (χ1n) is 8.60. The Morgan fingerprint density at radius 1 is 1.38 bits per heavy atom. The molecule has 1 amide bonds. The van der Waals surface area contributed by atoms with Crippen molar-refractivity contribution in [3.63, 3.8) is 0 Å². The average Bonchev–Trinajstić information content (AvgIpc) is 3.15. The van der Waals surface area contributed by atoms with Crippen LogP contribution in [0.5, 0.6) is 0 Å². The molecule has 0 bridgehead atoms. The number of amides is 1. The summed E-state index contributed by atoms with van der Waals surface area (Å²) in [5.74, 6) is -0.179. The quantitative estimate of drug-likeness (QED) is 0.797. The standard InChI is InChI=1S/C18H22N4O4/c1-21-17(24)14(10-20-18(21)25)9-16(23)22(12-15-3-2-8-26-15)11-13-4-6-19-7-5-13/h4-7,10,15H,2-3,8-9,11-12H2,1H3,(H,20,25)/t15-/m0/s1. The molecular weight excluding hydrogens is 336 g/mol. The molecule has 0 spiro atoms. The molecule has 8 nitrogen and oxygen atoms in total. The summed E-state index contributed by atoms with van der Waals surface area (Å²) in [6, 6.07) is 3.71. The van der Waals surface area contributed by atoms with Gasteiger partial charge in [-0.2, -0.15) is 0 Å². The number of carbonyl (C=O) groups is 1. The van der Waals surface area contributed by atoms with E-state index in [4.69, 9.17) is 4.74 Å². The molecule has 0 radical (unpaired) electrons. The maximum absolute atomic E-state index is 12.9. The SMILES string of the molecule is Cn1c(=O)[nH]cc(CC(=O)N(Cc2ccncc2)C[C@@H]2CCCO2)c1=O. The van der Waals surface area contributed by atoms with Crippen LogP contribution >= 0.6 is 0 Å². The first-order chi connectivity index (χ1) is 12.5. The molecule has 1 aliphatic rings. The van der Waals surface area contributed by atoms with E-state index in [1.165, 1.54) is 13.2 Å². The number of nitrogens with one attached hydrogen (secondary N) is 1. The minimum Gasteiger partial charge on any atom is -0.376 e. The number of rotatable bonds is 6. The van der Waals surface area contributed by atoms with Crippen molar-refractivity contribution in [3.05, 3.63) is 62.7 Å². The molecule has 2 aromatic heterocycles. The van der Waals surface area contributed by atoms with Gasteiger partial charge in [0, 0.05) is 50.9 Å². The van der Waals surface area contributed by atoms with E-state index in [0.717, 1.165) is 23.0 Å². The number of aromatic amines is 1. The number of H-pyrrole nitrogens is 1. The zero-order chi connectivity index (χ0) is 18.5. The molecule has 0 saturated carbocycles. The lowest BCUT2D eigenvalue weighted by Crippen LogP contribution is -2.40. The monoisotopic (exact) mass is 358 g/mol. The molecule has 8 heteroatoms. The second-order valence-corrected chi connectivity index (χ2v) is 6.42. The summed E-state index contributed by atoms with van der Waals surface area (Å²) in [5.41, 5.74) is 0.271. The van der Waals surface area contributed by atoms with E-state index < -0.39 is 11.2 Å². The summed E-state index contributed by atoms with van der Waals surface area (Å²) in [4.78, 5) is 44.7. The fraction of sp³-hybridized carbons (Fsp3) is 0.444. The molecule has 1 fully saturated rings. The molecule has 1 aliphatic heterocycles.